The fraction of sp³-hybridized carbons (Fsp3) is 0.688. The number of likely N-dealkylation sites (tertiary alicyclic amines) is 1. The molecule has 2 N–H and O–H groups in total. The summed E-state index contributed by atoms with van der Waals surface area (Å²) in [6, 6.07) is 1.49. The lowest BCUT2D eigenvalue weighted by Crippen LogP contribution is -2.37. The third kappa shape index (κ3) is 5.75. The highest BCUT2D eigenvalue weighted by atomic mass is 19.4. The molecule has 0 aromatic carbocycles. The second-order valence-corrected chi connectivity index (χ2v) is 6.26. The van der Waals surface area contributed by atoms with Gasteiger partial charge in [-0.15, -0.1) is 0 Å². The highest BCUT2D eigenvalue weighted by Crippen LogP contribution is 2.27. The number of piperidine rings is 1. The summed E-state index contributed by atoms with van der Waals surface area (Å²) in [4.78, 5) is 25.5. The van der Waals surface area contributed by atoms with E-state index in [2.05, 4.69) is 10.2 Å². The summed E-state index contributed by atoms with van der Waals surface area (Å²) in [5.41, 5.74) is 0.665. The molecule has 9 heteroatoms. The van der Waals surface area contributed by atoms with Gasteiger partial charge >= 0.3 is 6.18 Å². The van der Waals surface area contributed by atoms with Crippen LogP contribution in [-0.2, 0) is 4.79 Å². The van der Waals surface area contributed by atoms with Crippen LogP contribution in [0.5, 0.6) is 0 Å². The molecule has 2 heterocycles. The Morgan fingerprint density at radius 3 is 2.64 bits per heavy atom. The smallest absolute Gasteiger partial charge is 0.343 e. The molecule has 0 unspecified atom stereocenters. The minimum Gasteiger partial charge on any atom is -0.343 e. The topological polar surface area (TPSA) is 78.1 Å². The van der Waals surface area contributed by atoms with Crippen molar-refractivity contribution in [3.05, 3.63) is 17.5 Å². The normalized spacial score (nSPS) is 16.1. The SMILES string of the molecule is CCCCC(=O)N1CCC(c2cc(C(=O)NCC(F)(F)F)n[nH]2)CC1. The second-order valence-electron chi connectivity index (χ2n) is 6.26. The quantitative estimate of drug-likeness (QED) is 0.819. The monoisotopic (exact) mass is 360 g/mol. The number of nitrogens with zero attached hydrogens (tertiary/aromatic N) is 2. The van der Waals surface area contributed by atoms with Crippen LogP contribution in [0.4, 0.5) is 13.2 Å². The van der Waals surface area contributed by atoms with E-state index in [1.165, 1.54) is 6.07 Å². The number of rotatable bonds is 6. The average molecular weight is 360 g/mol. The molecule has 1 aliphatic rings. The van der Waals surface area contributed by atoms with Crippen LogP contribution in [0, 0.1) is 0 Å². The van der Waals surface area contributed by atoms with Crippen molar-refractivity contribution >= 4 is 11.8 Å². The van der Waals surface area contributed by atoms with Gasteiger partial charge in [-0.25, -0.2) is 0 Å². The molecule has 0 saturated carbocycles. The number of alkyl halides is 3. The maximum absolute atomic E-state index is 12.1. The van der Waals surface area contributed by atoms with Crippen molar-refractivity contribution in [1.29, 1.82) is 0 Å². The predicted octanol–water partition coefficient (Wildman–Crippen LogP) is 2.60. The maximum Gasteiger partial charge on any atom is 0.405 e. The van der Waals surface area contributed by atoms with E-state index in [-0.39, 0.29) is 17.5 Å². The molecule has 0 radical (unpaired) electrons. The molecule has 1 aromatic heterocycles. The summed E-state index contributed by atoms with van der Waals surface area (Å²) >= 11 is 0. The third-order valence-electron chi connectivity index (χ3n) is 4.31. The number of H-pyrrole nitrogens is 1. The van der Waals surface area contributed by atoms with Crippen molar-refractivity contribution in [1.82, 2.24) is 20.4 Å². The van der Waals surface area contributed by atoms with Crippen LogP contribution >= 0.6 is 0 Å². The summed E-state index contributed by atoms with van der Waals surface area (Å²) in [7, 11) is 0. The van der Waals surface area contributed by atoms with Crippen LogP contribution in [0.15, 0.2) is 6.07 Å². The second kappa shape index (κ2) is 8.35. The number of nitrogens with one attached hydrogen (secondary N) is 2. The van der Waals surface area contributed by atoms with Crippen LogP contribution in [0.25, 0.3) is 0 Å². The maximum atomic E-state index is 12.1. The van der Waals surface area contributed by atoms with E-state index in [0.29, 0.717) is 19.5 Å². The molecule has 25 heavy (non-hydrogen) atoms. The molecule has 1 aliphatic heterocycles. The van der Waals surface area contributed by atoms with Gasteiger partial charge < -0.3 is 10.2 Å². The van der Waals surface area contributed by atoms with Crippen LogP contribution in [0.1, 0.15) is 61.1 Å². The number of carbonyl (C=O) groups is 2. The van der Waals surface area contributed by atoms with Gasteiger partial charge in [0.1, 0.15) is 12.2 Å². The molecular formula is C16H23F3N4O2. The summed E-state index contributed by atoms with van der Waals surface area (Å²) in [5, 5.41) is 8.34. The van der Waals surface area contributed by atoms with Crippen molar-refractivity contribution < 1.29 is 22.8 Å². The predicted molar refractivity (Wildman–Crippen MR) is 85.1 cm³/mol. The van der Waals surface area contributed by atoms with Gasteiger partial charge in [0.25, 0.3) is 5.91 Å². The first-order chi connectivity index (χ1) is 11.8. The molecular weight excluding hydrogens is 337 g/mol. The highest BCUT2D eigenvalue weighted by molar-refractivity contribution is 5.92. The Balaban J connectivity index is 1.85. The Morgan fingerprint density at radius 2 is 2.04 bits per heavy atom. The van der Waals surface area contributed by atoms with Gasteiger partial charge in [0.15, 0.2) is 0 Å². The Hall–Kier alpha value is -2.06. The number of hydrogen-bond acceptors (Lipinski definition) is 3. The van der Waals surface area contributed by atoms with E-state index >= 15 is 0 Å². The standard InChI is InChI=1S/C16H23F3N4O2/c1-2-3-4-14(24)23-7-5-11(6-8-23)12-9-13(22-21-12)15(25)20-10-16(17,18)19/h9,11H,2-8,10H2,1H3,(H,20,25)(H,21,22). The summed E-state index contributed by atoms with van der Waals surface area (Å²) in [6.07, 6.45) is -0.542. The van der Waals surface area contributed by atoms with Gasteiger partial charge in [0.2, 0.25) is 5.91 Å². The van der Waals surface area contributed by atoms with Crippen molar-refractivity contribution in [2.45, 2.75) is 51.1 Å². The largest absolute Gasteiger partial charge is 0.405 e. The zero-order valence-electron chi connectivity index (χ0n) is 14.2. The fourth-order valence-electron chi connectivity index (χ4n) is 2.86. The van der Waals surface area contributed by atoms with Crippen molar-refractivity contribution in [3.63, 3.8) is 0 Å². The van der Waals surface area contributed by atoms with Gasteiger partial charge in [0.05, 0.1) is 0 Å². The Morgan fingerprint density at radius 1 is 1.36 bits per heavy atom. The van der Waals surface area contributed by atoms with Gasteiger partial charge in [-0.1, -0.05) is 13.3 Å². The number of unbranched alkanes of at least 4 members (excludes halogenated alkanes) is 1. The number of halogens is 3. The summed E-state index contributed by atoms with van der Waals surface area (Å²) < 4.78 is 36.4. The van der Waals surface area contributed by atoms with Crippen molar-refractivity contribution in [2.24, 2.45) is 0 Å². The summed E-state index contributed by atoms with van der Waals surface area (Å²) in [5.74, 6) is -0.573. The lowest BCUT2D eigenvalue weighted by molar-refractivity contribution is -0.132. The fourth-order valence-corrected chi connectivity index (χ4v) is 2.86. The number of aromatic amines is 1. The summed E-state index contributed by atoms with van der Waals surface area (Å²) in [6.45, 7) is 1.94. The van der Waals surface area contributed by atoms with Gasteiger partial charge in [0, 0.05) is 31.1 Å². The Kier molecular flexibility index (Phi) is 6.44. The van der Waals surface area contributed by atoms with E-state index in [9.17, 15) is 22.8 Å². The lowest BCUT2D eigenvalue weighted by Gasteiger charge is -2.31. The average Bonchev–Trinajstić information content (AvgIpc) is 3.07. The number of aromatic nitrogens is 2. The van der Waals surface area contributed by atoms with E-state index < -0.39 is 18.6 Å². The van der Waals surface area contributed by atoms with E-state index in [4.69, 9.17) is 0 Å². The molecule has 0 aliphatic carbocycles. The molecule has 1 aromatic rings. The van der Waals surface area contributed by atoms with E-state index in [0.717, 1.165) is 31.4 Å². The van der Waals surface area contributed by atoms with Gasteiger partial charge in [-0.05, 0) is 25.3 Å². The minimum atomic E-state index is -4.45. The lowest BCUT2D eigenvalue weighted by atomic mass is 9.93. The first kappa shape index (κ1) is 19.3. The van der Waals surface area contributed by atoms with E-state index in [1.54, 1.807) is 5.32 Å². The number of hydrogen-bond donors (Lipinski definition) is 2. The molecule has 0 atom stereocenters. The molecule has 2 rings (SSSR count). The molecule has 0 bridgehead atoms. The molecule has 140 valence electrons. The van der Waals surface area contributed by atoms with Crippen LogP contribution in [0.3, 0.4) is 0 Å². The number of amides is 2. The number of carbonyl (C=O) groups excluding carboxylic acids is 2. The highest BCUT2D eigenvalue weighted by Gasteiger charge is 2.29. The molecule has 2 amide bonds. The van der Waals surface area contributed by atoms with E-state index in [1.807, 2.05) is 11.8 Å². The molecule has 0 spiro atoms. The first-order valence-electron chi connectivity index (χ1n) is 8.48. The van der Waals surface area contributed by atoms with Crippen LogP contribution in [-0.4, -0.2) is 52.7 Å². The Labute approximate surface area is 144 Å². The van der Waals surface area contributed by atoms with Crippen molar-refractivity contribution in [2.75, 3.05) is 19.6 Å². The van der Waals surface area contributed by atoms with Gasteiger partial charge in [-0.2, -0.15) is 18.3 Å². The van der Waals surface area contributed by atoms with Crippen LogP contribution < -0.4 is 5.32 Å². The first-order valence-corrected chi connectivity index (χ1v) is 8.48. The third-order valence-corrected chi connectivity index (χ3v) is 4.31. The zero-order chi connectivity index (χ0) is 18.4. The molecule has 6 nitrogen and oxygen atoms in total. The zero-order valence-corrected chi connectivity index (χ0v) is 14.2. The van der Waals surface area contributed by atoms with Crippen molar-refractivity contribution in [3.8, 4) is 0 Å². The van der Waals surface area contributed by atoms with Gasteiger partial charge in [-0.3, -0.25) is 14.7 Å². The van der Waals surface area contributed by atoms with Crippen LogP contribution in [0.2, 0.25) is 0 Å². The Bertz CT molecular complexity index is 592. The molecule has 1 fully saturated rings. The molecule has 1 saturated heterocycles. The minimum absolute atomic E-state index is 0.0549.